The van der Waals surface area contributed by atoms with Crippen LogP contribution in [-0.4, -0.2) is 30.5 Å². The van der Waals surface area contributed by atoms with Gasteiger partial charge in [-0.2, -0.15) is 0 Å². The first-order valence-corrected chi connectivity index (χ1v) is 11.5. The Morgan fingerprint density at radius 2 is 1.88 bits per heavy atom. The molecule has 2 aromatic heterocycles. The van der Waals surface area contributed by atoms with Crippen LogP contribution in [0.5, 0.6) is 0 Å². The highest BCUT2D eigenvalue weighted by Gasteiger charge is 2.27. The number of sulfone groups is 1. The highest BCUT2D eigenvalue weighted by atomic mass is 32.2. The number of hydrogen-bond acceptors (Lipinski definition) is 6. The van der Waals surface area contributed by atoms with Gasteiger partial charge < -0.3 is 10.6 Å². The quantitative estimate of drug-likeness (QED) is 0.498. The SMILES string of the molecule is CS(=O)(=O)c1c(F)cccc1N(Cc1ccc2ccc(N)nc2c1)C(=O)c1cccnc1. The minimum Gasteiger partial charge on any atom is -0.384 e. The van der Waals surface area contributed by atoms with Crippen LogP contribution in [-0.2, 0) is 16.4 Å². The van der Waals surface area contributed by atoms with Crippen molar-refractivity contribution in [1.82, 2.24) is 9.97 Å². The van der Waals surface area contributed by atoms with Gasteiger partial charge in [-0.1, -0.05) is 18.2 Å². The van der Waals surface area contributed by atoms with Crippen LogP contribution in [0.3, 0.4) is 0 Å². The van der Waals surface area contributed by atoms with Crippen LogP contribution in [0.1, 0.15) is 15.9 Å². The molecule has 0 fully saturated rings. The van der Waals surface area contributed by atoms with Gasteiger partial charge in [-0.3, -0.25) is 9.78 Å². The van der Waals surface area contributed by atoms with Crippen molar-refractivity contribution in [2.75, 3.05) is 16.9 Å². The summed E-state index contributed by atoms with van der Waals surface area (Å²) in [5.41, 5.74) is 7.25. The number of rotatable bonds is 5. The molecule has 32 heavy (non-hydrogen) atoms. The highest BCUT2D eigenvalue weighted by molar-refractivity contribution is 7.90. The molecular formula is C23H19FN4O3S. The van der Waals surface area contributed by atoms with Gasteiger partial charge in [0.1, 0.15) is 16.5 Å². The van der Waals surface area contributed by atoms with Crippen LogP contribution in [0.4, 0.5) is 15.9 Å². The zero-order valence-corrected chi connectivity index (χ0v) is 17.9. The molecule has 0 saturated heterocycles. The topological polar surface area (TPSA) is 106 Å². The van der Waals surface area contributed by atoms with E-state index in [1.807, 2.05) is 12.1 Å². The first-order chi connectivity index (χ1) is 15.2. The van der Waals surface area contributed by atoms with Gasteiger partial charge in [0.15, 0.2) is 9.84 Å². The maximum atomic E-state index is 14.6. The number of fused-ring (bicyclic) bond motifs is 1. The van der Waals surface area contributed by atoms with E-state index in [4.69, 9.17) is 5.73 Å². The fraction of sp³-hybridized carbons (Fsp3) is 0.0870. The van der Waals surface area contributed by atoms with Gasteiger partial charge in [-0.05, 0) is 48.0 Å². The van der Waals surface area contributed by atoms with Crippen molar-refractivity contribution >= 4 is 38.2 Å². The summed E-state index contributed by atoms with van der Waals surface area (Å²) >= 11 is 0. The average molecular weight is 450 g/mol. The zero-order valence-electron chi connectivity index (χ0n) is 17.1. The lowest BCUT2D eigenvalue weighted by molar-refractivity contribution is 0.0984. The molecule has 0 bridgehead atoms. The van der Waals surface area contributed by atoms with Crippen molar-refractivity contribution in [1.29, 1.82) is 0 Å². The number of nitrogens with zero attached hydrogens (tertiary/aromatic N) is 3. The molecule has 7 nitrogen and oxygen atoms in total. The Balaban J connectivity index is 1.87. The molecule has 0 unspecified atom stereocenters. The van der Waals surface area contributed by atoms with E-state index in [1.165, 1.54) is 29.4 Å². The van der Waals surface area contributed by atoms with Crippen LogP contribution in [0.2, 0.25) is 0 Å². The Labute approximate surface area is 184 Å². The lowest BCUT2D eigenvalue weighted by Crippen LogP contribution is -2.32. The molecule has 0 atom stereocenters. The van der Waals surface area contributed by atoms with Crippen molar-refractivity contribution in [2.45, 2.75) is 11.4 Å². The van der Waals surface area contributed by atoms with Crippen LogP contribution in [0, 0.1) is 5.82 Å². The van der Waals surface area contributed by atoms with Crippen molar-refractivity contribution in [2.24, 2.45) is 0 Å². The molecule has 4 rings (SSSR count). The van der Waals surface area contributed by atoms with Gasteiger partial charge in [-0.25, -0.2) is 17.8 Å². The minimum atomic E-state index is -3.97. The summed E-state index contributed by atoms with van der Waals surface area (Å²) in [6.07, 6.45) is 3.80. The molecule has 0 aliphatic rings. The second-order valence-corrected chi connectivity index (χ2v) is 9.21. The van der Waals surface area contributed by atoms with E-state index in [1.54, 1.807) is 30.3 Å². The number of hydrogen-bond donors (Lipinski definition) is 1. The highest BCUT2D eigenvalue weighted by Crippen LogP contribution is 2.31. The molecule has 162 valence electrons. The summed E-state index contributed by atoms with van der Waals surface area (Å²) < 4.78 is 39.4. The Bertz CT molecular complexity index is 1430. The Kier molecular flexibility index (Phi) is 5.58. The van der Waals surface area contributed by atoms with E-state index in [0.717, 1.165) is 17.7 Å². The molecule has 1 amide bonds. The number of carbonyl (C=O) groups is 1. The molecule has 0 aliphatic carbocycles. The smallest absolute Gasteiger partial charge is 0.260 e. The average Bonchev–Trinajstić information content (AvgIpc) is 2.76. The third-order valence-electron chi connectivity index (χ3n) is 4.88. The van der Waals surface area contributed by atoms with Crippen molar-refractivity contribution in [3.05, 3.63) is 90.0 Å². The third-order valence-corrected chi connectivity index (χ3v) is 6.03. The lowest BCUT2D eigenvalue weighted by Gasteiger charge is -2.25. The summed E-state index contributed by atoms with van der Waals surface area (Å²) in [4.78, 5) is 22.3. The molecular weight excluding hydrogens is 431 g/mol. The second kappa shape index (κ2) is 8.35. The maximum absolute atomic E-state index is 14.6. The lowest BCUT2D eigenvalue weighted by atomic mass is 10.1. The summed E-state index contributed by atoms with van der Waals surface area (Å²) in [7, 11) is -3.97. The van der Waals surface area contributed by atoms with Gasteiger partial charge in [0.05, 0.1) is 23.3 Å². The number of pyridine rings is 2. The van der Waals surface area contributed by atoms with E-state index in [-0.39, 0.29) is 17.8 Å². The molecule has 9 heteroatoms. The molecule has 0 radical (unpaired) electrons. The van der Waals surface area contributed by atoms with Crippen LogP contribution in [0.25, 0.3) is 10.9 Å². The third kappa shape index (κ3) is 4.28. The fourth-order valence-electron chi connectivity index (χ4n) is 3.45. The predicted octanol–water partition coefficient (Wildman–Crippen LogP) is 3.60. The first-order valence-electron chi connectivity index (χ1n) is 9.59. The Hall–Kier alpha value is -3.85. The molecule has 4 aromatic rings. The zero-order chi connectivity index (χ0) is 22.9. The largest absolute Gasteiger partial charge is 0.384 e. The molecule has 0 aliphatic heterocycles. The maximum Gasteiger partial charge on any atom is 0.260 e. The van der Waals surface area contributed by atoms with Crippen LogP contribution in [0.15, 0.2) is 78.0 Å². The number of anilines is 2. The molecule has 2 N–H and O–H groups in total. The van der Waals surface area contributed by atoms with Gasteiger partial charge in [-0.15, -0.1) is 0 Å². The van der Waals surface area contributed by atoms with E-state index in [9.17, 15) is 17.6 Å². The van der Waals surface area contributed by atoms with Crippen molar-refractivity contribution < 1.29 is 17.6 Å². The summed E-state index contributed by atoms with van der Waals surface area (Å²) in [5.74, 6) is -1.10. The number of halogens is 1. The standard InChI is InChI=1S/C23H19FN4O3S/c1-32(30,31)22-18(24)5-2-6-20(22)28(23(29)17-4-3-11-26-13-17)14-15-7-8-16-9-10-21(25)27-19(16)12-15/h2-13H,14H2,1H3,(H2,25,27). The number of amides is 1. The van der Waals surface area contributed by atoms with Gasteiger partial charge in [0.25, 0.3) is 5.91 Å². The summed E-state index contributed by atoms with van der Waals surface area (Å²) in [5, 5.41) is 0.857. The fourth-order valence-corrected chi connectivity index (χ4v) is 4.43. The molecule has 2 aromatic carbocycles. The number of nitrogen functional groups attached to an aromatic ring is 1. The van der Waals surface area contributed by atoms with Crippen LogP contribution < -0.4 is 10.6 Å². The minimum absolute atomic E-state index is 0.0217. The second-order valence-electron chi connectivity index (χ2n) is 7.26. The normalized spacial score (nSPS) is 11.4. The van der Waals surface area contributed by atoms with Crippen molar-refractivity contribution in [3.63, 3.8) is 0 Å². The first kappa shape index (κ1) is 21.4. The van der Waals surface area contributed by atoms with Gasteiger partial charge in [0.2, 0.25) is 0 Å². The van der Waals surface area contributed by atoms with E-state index >= 15 is 0 Å². The van der Waals surface area contributed by atoms with E-state index in [0.29, 0.717) is 16.9 Å². The summed E-state index contributed by atoms with van der Waals surface area (Å²) in [6, 6.07) is 15.9. The molecule has 2 heterocycles. The summed E-state index contributed by atoms with van der Waals surface area (Å²) in [6.45, 7) is -0.0217. The molecule has 0 spiro atoms. The van der Waals surface area contributed by atoms with Gasteiger partial charge in [0, 0.05) is 24.0 Å². The van der Waals surface area contributed by atoms with Crippen LogP contribution >= 0.6 is 0 Å². The van der Waals surface area contributed by atoms with Crippen molar-refractivity contribution in [3.8, 4) is 0 Å². The Morgan fingerprint density at radius 1 is 1.09 bits per heavy atom. The Morgan fingerprint density at radius 3 is 2.59 bits per heavy atom. The number of aromatic nitrogens is 2. The monoisotopic (exact) mass is 450 g/mol. The predicted molar refractivity (Wildman–Crippen MR) is 120 cm³/mol. The van der Waals surface area contributed by atoms with Gasteiger partial charge >= 0.3 is 0 Å². The number of benzene rings is 2. The van der Waals surface area contributed by atoms with E-state index in [2.05, 4.69) is 9.97 Å². The number of nitrogens with two attached hydrogens (primary N) is 1. The van der Waals surface area contributed by atoms with E-state index < -0.39 is 26.5 Å². The number of carbonyl (C=O) groups excluding carboxylic acids is 1. The molecule has 0 saturated carbocycles.